The van der Waals surface area contributed by atoms with Crippen molar-refractivity contribution in [2.24, 2.45) is 17.8 Å². The fraction of sp³-hybridized carbons (Fsp3) is 0.787. The molecule has 0 saturated heterocycles. The van der Waals surface area contributed by atoms with Gasteiger partial charge in [0.15, 0.2) is 11.6 Å². The number of rotatable bonds is 60. The molecule has 43 heteroatoms. The maximum atomic E-state index is 14.7. The Morgan fingerprint density at radius 1 is 0.423 bits per heavy atom. The minimum Gasteiger partial charge on any atom is -0.481 e. The molecule has 39 nitrogen and oxygen atoms in total. The van der Waals surface area contributed by atoms with E-state index in [0.29, 0.717) is 17.9 Å². The Balaban J connectivity index is 7.73. The molecule has 0 aliphatic rings. The second-order valence-electron chi connectivity index (χ2n) is 24.7. The monoisotopic (exact) mass is 1580 g/mol. The highest BCUT2D eigenvalue weighted by molar-refractivity contribution is 8.77. The van der Waals surface area contributed by atoms with Gasteiger partial charge in [0.1, 0.15) is 73.4 Å². The maximum Gasteiger partial charge on any atom is 0.406 e. The number of ketones is 3. The van der Waals surface area contributed by atoms with Crippen LogP contribution in [-0.2, 0) is 62.3 Å². The third-order valence-corrected chi connectivity index (χ3v) is 21.7. The normalized spacial score (nSPS) is 16.9. The minimum absolute atomic E-state index is 0.000665. The number of amides is 7. The highest BCUT2D eigenvalue weighted by atomic mass is 33.1. The highest BCUT2D eigenvalue weighted by Crippen LogP contribution is 2.39. The number of Topliss-reactive ketones (excluding diaryl/α,β-unsaturated/α-hetero) is 3. The van der Waals surface area contributed by atoms with Crippen LogP contribution in [0.3, 0.4) is 0 Å². The van der Waals surface area contributed by atoms with Crippen molar-refractivity contribution in [3.05, 3.63) is 0 Å². The number of hydrogen-bond donors (Lipinski definition) is 25. The molecule has 0 aliphatic carbocycles. The standard InChI is InChI=1S/C61H105N7O32S4/c1-5-18-103-104-61(2,3)55(59(97)98)68-58(96)32(8-13-46(83)65-26-40(77)51(90)54(93)43(80)29-71)23-37(74)35(10-15-48(86)87)67-57(95)31(7-12-45(82)64-25-39(76)50(89)53(92)42(79)28-70)22-36(73)34(9-14-47(84)85)66-56(94)30(21-33(72)16-19-101-102-20-17-100-60(99)62-4)6-11-44(81)63-24-38(75)49(88)52(91)41(78)27-69/h30-32,34-35,38-43,49-55,69-71,75-80,88-93H,5-29H2,1-4H3,(H,62,99)(H,63,81)(H,64,82)(H,65,83)(H,66,94)(H,67,95)(H,68,96)(H,84,85)(H,86,87)(H,97,98). The Morgan fingerprint density at radius 3 is 1.11 bits per heavy atom. The fourth-order valence-corrected chi connectivity index (χ4v) is 14.0. The van der Waals surface area contributed by atoms with Gasteiger partial charge < -0.3 is 134 Å². The van der Waals surface area contributed by atoms with E-state index >= 15 is 0 Å². The molecular weight excluding hydrogens is 1470 g/mol. The van der Waals surface area contributed by atoms with Gasteiger partial charge in [-0.2, -0.15) is 0 Å². The van der Waals surface area contributed by atoms with Gasteiger partial charge in [-0.25, -0.2) is 9.59 Å². The Hall–Kier alpha value is -5.69. The lowest BCUT2D eigenvalue weighted by Crippen LogP contribution is -2.54. The predicted molar refractivity (Wildman–Crippen MR) is 371 cm³/mol. The van der Waals surface area contributed by atoms with Crippen molar-refractivity contribution in [1.29, 1.82) is 0 Å². The number of hydrogen-bond acceptors (Lipinski definition) is 33. The molecular formula is C61H105N7O32S4. The van der Waals surface area contributed by atoms with Gasteiger partial charge in [-0.1, -0.05) is 50.1 Å². The predicted octanol–water partition coefficient (Wildman–Crippen LogP) is -7.32. The first kappa shape index (κ1) is 98.3. The number of carboxylic acids is 3. The lowest BCUT2D eigenvalue weighted by molar-refractivity contribution is -0.143. The van der Waals surface area contributed by atoms with Crippen LogP contribution in [-0.4, -0.2) is 335 Å². The van der Waals surface area contributed by atoms with Crippen LogP contribution in [0.1, 0.15) is 117 Å². The zero-order valence-corrected chi connectivity index (χ0v) is 61.2. The summed E-state index contributed by atoms with van der Waals surface area (Å²) in [6.07, 6.45) is -34.7. The SMILES string of the molecule is CCCSSC(C)(C)C(NC(=O)C(CCC(=O)NCC(O)C(O)C(O)C(O)CO)CC(=O)C(CCC(=O)O)NC(=O)C(CCC(=O)NCC(O)C(O)C(O)C(O)CO)CC(=O)C(CCC(=O)O)NC(=O)C(CCC(=O)NCC(O)C(O)C(O)C(O)CO)CC(=O)CCSSCCOC(=O)NC)C(=O)O. The summed E-state index contributed by atoms with van der Waals surface area (Å²) in [5.41, 5.74) is 0. The lowest BCUT2D eigenvalue weighted by atomic mass is 9.89. The number of carbonyl (C=O) groups excluding carboxylic acids is 10. The number of carboxylic acid groups (broad SMARTS) is 3. The summed E-state index contributed by atoms with van der Waals surface area (Å²) in [6, 6.07) is -5.57. The summed E-state index contributed by atoms with van der Waals surface area (Å²) in [5.74, 6) is -18.3. The van der Waals surface area contributed by atoms with Crippen LogP contribution in [0.15, 0.2) is 0 Å². The molecule has 18 unspecified atom stereocenters. The summed E-state index contributed by atoms with van der Waals surface area (Å²) in [5, 5.41) is 195. The maximum absolute atomic E-state index is 14.7. The first-order valence-electron chi connectivity index (χ1n) is 33.1. The largest absolute Gasteiger partial charge is 0.481 e. The molecule has 0 saturated carbocycles. The van der Waals surface area contributed by atoms with E-state index in [9.17, 15) is 144 Å². The molecule has 0 aromatic heterocycles. The van der Waals surface area contributed by atoms with Crippen LogP contribution >= 0.6 is 43.2 Å². The number of carbonyl (C=O) groups is 13. The van der Waals surface area contributed by atoms with E-state index in [1.54, 1.807) is 0 Å². The quantitative estimate of drug-likeness (QED) is 0.0199. The Morgan fingerprint density at radius 2 is 0.769 bits per heavy atom. The van der Waals surface area contributed by atoms with Crippen molar-refractivity contribution in [2.75, 3.05) is 70.4 Å². The number of ether oxygens (including phenoxy) is 1. The molecule has 600 valence electrons. The molecule has 104 heavy (non-hydrogen) atoms. The summed E-state index contributed by atoms with van der Waals surface area (Å²) in [7, 11) is 6.12. The minimum atomic E-state index is -2.18. The van der Waals surface area contributed by atoms with Crippen LogP contribution in [0.2, 0.25) is 0 Å². The van der Waals surface area contributed by atoms with E-state index < -0.39 is 314 Å². The zero-order chi connectivity index (χ0) is 79.6. The molecule has 7 amide bonds. The Kier molecular flexibility index (Phi) is 50.2. The number of aliphatic hydroxyl groups excluding tert-OH is 15. The highest BCUT2D eigenvalue weighted by Gasteiger charge is 2.41. The number of alkyl carbamates (subject to hydrolysis) is 1. The van der Waals surface area contributed by atoms with Crippen molar-refractivity contribution in [1.82, 2.24) is 37.2 Å². The van der Waals surface area contributed by atoms with Crippen LogP contribution in [0.25, 0.3) is 0 Å². The molecule has 0 aliphatic heterocycles. The number of aliphatic hydroxyl groups is 15. The van der Waals surface area contributed by atoms with Gasteiger partial charge in [0, 0.05) is 119 Å². The van der Waals surface area contributed by atoms with Gasteiger partial charge in [-0.15, -0.1) is 0 Å². The van der Waals surface area contributed by atoms with Gasteiger partial charge in [0.05, 0.1) is 55.0 Å². The number of aliphatic carboxylic acids is 3. The third kappa shape index (κ3) is 39.8. The van der Waals surface area contributed by atoms with Crippen molar-refractivity contribution in [3.63, 3.8) is 0 Å². The number of nitrogens with one attached hydrogen (secondary N) is 7. The first-order valence-corrected chi connectivity index (χ1v) is 37.9. The van der Waals surface area contributed by atoms with Crippen molar-refractivity contribution in [3.8, 4) is 0 Å². The van der Waals surface area contributed by atoms with Gasteiger partial charge >= 0.3 is 24.0 Å². The molecule has 0 aromatic carbocycles. The Labute approximate surface area is 614 Å². The third-order valence-electron chi connectivity index (χ3n) is 15.8. The topological polar surface area (TPSA) is 679 Å². The molecule has 25 N–H and O–H groups in total. The summed E-state index contributed by atoms with van der Waals surface area (Å²) in [6.45, 7) is -0.718. The average molecular weight is 1580 g/mol. The molecule has 0 bridgehead atoms. The Bertz CT molecular complexity index is 2700. The molecule has 0 radical (unpaired) electrons. The van der Waals surface area contributed by atoms with Crippen molar-refractivity contribution in [2.45, 2.75) is 213 Å². The van der Waals surface area contributed by atoms with Crippen LogP contribution in [0, 0.1) is 17.8 Å². The van der Waals surface area contributed by atoms with E-state index in [4.69, 9.17) is 14.9 Å². The fourth-order valence-electron chi connectivity index (χ4n) is 9.39. The van der Waals surface area contributed by atoms with Crippen molar-refractivity contribution < 1.29 is 159 Å². The van der Waals surface area contributed by atoms with Crippen LogP contribution in [0.4, 0.5) is 4.79 Å². The molecule has 0 fully saturated rings. The van der Waals surface area contributed by atoms with Crippen LogP contribution in [0.5, 0.6) is 0 Å². The molecule has 0 heterocycles. The second kappa shape index (κ2) is 53.2. The van der Waals surface area contributed by atoms with E-state index in [1.165, 1.54) is 53.3 Å². The summed E-state index contributed by atoms with van der Waals surface area (Å²) >= 11 is 0. The smallest absolute Gasteiger partial charge is 0.406 e. The molecule has 0 aromatic rings. The lowest BCUT2D eigenvalue weighted by Gasteiger charge is -2.32. The van der Waals surface area contributed by atoms with Gasteiger partial charge in [-0.3, -0.25) is 52.7 Å². The summed E-state index contributed by atoms with van der Waals surface area (Å²) < 4.78 is 3.63. The van der Waals surface area contributed by atoms with E-state index in [-0.39, 0.29) is 18.8 Å². The molecule has 0 rings (SSSR count). The van der Waals surface area contributed by atoms with Gasteiger partial charge in [0.2, 0.25) is 35.4 Å². The van der Waals surface area contributed by atoms with Crippen molar-refractivity contribution >= 4 is 120 Å². The molecule has 18 atom stereocenters. The zero-order valence-electron chi connectivity index (χ0n) is 58.0. The second-order valence-corrected chi connectivity index (χ2v) is 30.4. The van der Waals surface area contributed by atoms with Crippen LogP contribution < -0.4 is 37.2 Å². The van der Waals surface area contributed by atoms with Gasteiger partial charge in [0.25, 0.3) is 0 Å². The van der Waals surface area contributed by atoms with E-state index in [2.05, 4.69) is 37.2 Å². The molecule has 0 spiro atoms. The first-order chi connectivity index (χ1) is 48.7. The van der Waals surface area contributed by atoms with E-state index in [1.807, 2.05) is 6.92 Å². The average Bonchev–Trinajstić information content (AvgIpc) is 0.837. The summed E-state index contributed by atoms with van der Waals surface area (Å²) in [4.78, 5) is 174. The van der Waals surface area contributed by atoms with Gasteiger partial charge in [-0.05, 0) is 52.4 Å². The van der Waals surface area contributed by atoms with E-state index in [0.717, 1.165) is 10.8 Å².